The zero-order valence-electron chi connectivity index (χ0n) is 11.3. The smallest absolute Gasteiger partial charge is 0.0912 e. The van der Waals surface area contributed by atoms with E-state index in [0.29, 0.717) is 5.92 Å². The van der Waals surface area contributed by atoms with Crippen LogP contribution in [0.1, 0.15) is 30.8 Å². The standard InChI is InChI=1S/C15H18N4/c1-10(2)6-12-4-5-13(7-17-12)19-9-14-11(3)16-8-15(14)18-19/h4-5,7,9-10,16H,3,6,8H2,1-2H3. The number of fused-ring (bicyclic) bond motifs is 1. The molecule has 0 saturated heterocycles. The third kappa shape index (κ3) is 2.26. The Morgan fingerprint density at radius 1 is 1.42 bits per heavy atom. The van der Waals surface area contributed by atoms with Crippen LogP contribution in [0.5, 0.6) is 0 Å². The van der Waals surface area contributed by atoms with Crippen LogP contribution in [0, 0.1) is 5.92 Å². The monoisotopic (exact) mass is 254 g/mol. The molecule has 2 aromatic rings. The second-order valence-corrected chi connectivity index (χ2v) is 5.37. The molecule has 2 aromatic heterocycles. The van der Waals surface area contributed by atoms with Gasteiger partial charge in [-0.25, -0.2) is 4.68 Å². The Morgan fingerprint density at radius 2 is 2.26 bits per heavy atom. The summed E-state index contributed by atoms with van der Waals surface area (Å²) in [6.07, 6.45) is 4.91. The summed E-state index contributed by atoms with van der Waals surface area (Å²) in [7, 11) is 0. The molecule has 4 heteroatoms. The molecule has 0 unspecified atom stereocenters. The highest BCUT2D eigenvalue weighted by Gasteiger charge is 2.18. The van der Waals surface area contributed by atoms with E-state index in [2.05, 4.69) is 48.0 Å². The molecule has 4 nitrogen and oxygen atoms in total. The molecule has 0 aromatic carbocycles. The number of pyridine rings is 1. The lowest BCUT2D eigenvalue weighted by atomic mass is 10.1. The second kappa shape index (κ2) is 4.53. The Hall–Kier alpha value is -2.10. The maximum Gasteiger partial charge on any atom is 0.0912 e. The van der Waals surface area contributed by atoms with E-state index >= 15 is 0 Å². The van der Waals surface area contributed by atoms with Crippen molar-refractivity contribution in [3.63, 3.8) is 0 Å². The SMILES string of the molecule is C=C1NCc2nn(-c3ccc(CC(C)C)nc3)cc21. The molecule has 0 aliphatic carbocycles. The van der Waals surface area contributed by atoms with Gasteiger partial charge in [0.1, 0.15) is 0 Å². The van der Waals surface area contributed by atoms with Gasteiger partial charge in [0, 0.05) is 23.2 Å². The minimum absolute atomic E-state index is 0.626. The van der Waals surface area contributed by atoms with Gasteiger partial charge in [0.25, 0.3) is 0 Å². The third-order valence-electron chi connectivity index (χ3n) is 3.28. The maximum atomic E-state index is 4.56. The van der Waals surface area contributed by atoms with Crippen molar-refractivity contribution in [2.75, 3.05) is 0 Å². The van der Waals surface area contributed by atoms with Gasteiger partial charge in [-0.05, 0) is 24.5 Å². The van der Waals surface area contributed by atoms with Gasteiger partial charge in [-0.1, -0.05) is 20.4 Å². The van der Waals surface area contributed by atoms with Crippen LogP contribution in [0.2, 0.25) is 0 Å². The predicted molar refractivity (Wildman–Crippen MR) is 75.8 cm³/mol. The summed E-state index contributed by atoms with van der Waals surface area (Å²) in [4.78, 5) is 4.50. The van der Waals surface area contributed by atoms with Crippen molar-refractivity contribution < 1.29 is 0 Å². The van der Waals surface area contributed by atoms with Gasteiger partial charge in [-0.2, -0.15) is 5.10 Å². The van der Waals surface area contributed by atoms with E-state index in [0.717, 1.165) is 41.3 Å². The maximum absolute atomic E-state index is 4.56. The highest BCUT2D eigenvalue weighted by molar-refractivity contribution is 5.67. The number of nitrogens with zero attached hydrogens (tertiary/aromatic N) is 3. The normalized spacial score (nSPS) is 13.7. The van der Waals surface area contributed by atoms with Gasteiger partial charge in [-0.3, -0.25) is 4.98 Å². The molecule has 19 heavy (non-hydrogen) atoms. The second-order valence-electron chi connectivity index (χ2n) is 5.37. The average Bonchev–Trinajstić information content (AvgIpc) is 2.92. The van der Waals surface area contributed by atoms with E-state index in [4.69, 9.17) is 0 Å². The van der Waals surface area contributed by atoms with E-state index in [1.165, 1.54) is 0 Å². The van der Waals surface area contributed by atoms with Crippen LogP contribution < -0.4 is 5.32 Å². The highest BCUT2D eigenvalue weighted by Crippen LogP contribution is 2.22. The van der Waals surface area contributed by atoms with Crippen molar-refractivity contribution >= 4 is 5.70 Å². The fourth-order valence-corrected chi connectivity index (χ4v) is 2.30. The Balaban J connectivity index is 1.86. The van der Waals surface area contributed by atoms with Gasteiger partial charge in [0.05, 0.1) is 24.1 Å². The van der Waals surface area contributed by atoms with Crippen LogP contribution in [0.4, 0.5) is 0 Å². The molecule has 0 radical (unpaired) electrons. The zero-order chi connectivity index (χ0) is 13.4. The molecule has 3 heterocycles. The summed E-state index contributed by atoms with van der Waals surface area (Å²) in [6.45, 7) is 9.13. The fraction of sp³-hybridized carbons (Fsp3) is 0.333. The molecule has 1 aliphatic rings. The quantitative estimate of drug-likeness (QED) is 0.915. The molecule has 98 valence electrons. The lowest BCUT2D eigenvalue weighted by Crippen LogP contribution is -2.04. The molecule has 0 fully saturated rings. The minimum atomic E-state index is 0.626. The van der Waals surface area contributed by atoms with Crippen LogP contribution in [0.25, 0.3) is 11.4 Å². The minimum Gasteiger partial charge on any atom is -0.379 e. The van der Waals surface area contributed by atoms with Crippen LogP contribution in [-0.4, -0.2) is 14.8 Å². The highest BCUT2D eigenvalue weighted by atomic mass is 15.3. The molecule has 1 aliphatic heterocycles. The molecular weight excluding hydrogens is 236 g/mol. The Bertz CT molecular complexity index is 608. The summed E-state index contributed by atoms with van der Waals surface area (Å²) in [5.41, 5.74) is 5.23. The lowest BCUT2D eigenvalue weighted by molar-refractivity contribution is 0.635. The van der Waals surface area contributed by atoms with E-state index < -0.39 is 0 Å². The van der Waals surface area contributed by atoms with Gasteiger partial charge in [-0.15, -0.1) is 0 Å². The van der Waals surface area contributed by atoms with Gasteiger partial charge in [0.2, 0.25) is 0 Å². The molecule has 0 bridgehead atoms. The first-order chi connectivity index (χ1) is 9.13. The summed E-state index contributed by atoms with van der Waals surface area (Å²) < 4.78 is 1.88. The number of hydrogen-bond acceptors (Lipinski definition) is 3. The number of rotatable bonds is 3. The van der Waals surface area contributed by atoms with Crippen LogP contribution in [-0.2, 0) is 13.0 Å². The largest absolute Gasteiger partial charge is 0.379 e. The third-order valence-corrected chi connectivity index (χ3v) is 3.28. The van der Waals surface area contributed by atoms with Crippen molar-refractivity contribution in [2.24, 2.45) is 5.92 Å². The van der Waals surface area contributed by atoms with Crippen molar-refractivity contribution in [3.8, 4) is 5.69 Å². The summed E-state index contributed by atoms with van der Waals surface area (Å²) in [6, 6.07) is 4.15. The first-order valence-corrected chi connectivity index (χ1v) is 6.60. The topological polar surface area (TPSA) is 42.7 Å². The van der Waals surface area contributed by atoms with Crippen LogP contribution in [0.3, 0.4) is 0 Å². The van der Waals surface area contributed by atoms with Crippen molar-refractivity contribution in [3.05, 3.63) is 48.1 Å². The number of nitrogens with one attached hydrogen (secondary N) is 1. The predicted octanol–water partition coefficient (Wildman–Crippen LogP) is 2.54. The fourth-order valence-electron chi connectivity index (χ4n) is 2.30. The molecule has 3 rings (SSSR count). The Morgan fingerprint density at radius 3 is 2.89 bits per heavy atom. The summed E-state index contributed by atoms with van der Waals surface area (Å²) in [5.74, 6) is 0.626. The first kappa shape index (κ1) is 12.0. The molecular formula is C15H18N4. The van der Waals surface area contributed by atoms with E-state index in [-0.39, 0.29) is 0 Å². The molecule has 1 N–H and O–H groups in total. The Kier molecular flexibility index (Phi) is 2.85. The summed E-state index contributed by atoms with van der Waals surface area (Å²) in [5, 5.41) is 7.74. The zero-order valence-corrected chi connectivity index (χ0v) is 11.3. The average molecular weight is 254 g/mol. The molecule has 0 saturated carbocycles. The number of hydrogen-bond donors (Lipinski definition) is 1. The van der Waals surface area contributed by atoms with Crippen molar-refractivity contribution in [2.45, 2.75) is 26.8 Å². The van der Waals surface area contributed by atoms with Gasteiger partial charge in [0.15, 0.2) is 0 Å². The van der Waals surface area contributed by atoms with Crippen molar-refractivity contribution in [1.29, 1.82) is 0 Å². The first-order valence-electron chi connectivity index (χ1n) is 6.60. The number of aromatic nitrogens is 3. The van der Waals surface area contributed by atoms with Crippen LogP contribution in [0.15, 0.2) is 31.1 Å². The Labute approximate surface area is 113 Å². The van der Waals surface area contributed by atoms with Gasteiger partial charge < -0.3 is 5.32 Å². The molecule has 0 amide bonds. The van der Waals surface area contributed by atoms with E-state index in [9.17, 15) is 0 Å². The molecule has 0 spiro atoms. The lowest BCUT2D eigenvalue weighted by Gasteiger charge is -2.06. The van der Waals surface area contributed by atoms with E-state index in [1.54, 1.807) is 0 Å². The van der Waals surface area contributed by atoms with Crippen molar-refractivity contribution in [1.82, 2.24) is 20.1 Å². The van der Waals surface area contributed by atoms with E-state index in [1.807, 2.05) is 17.1 Å². The van der Waals surface area contributed by atoms with Gasteiger partial charge >= 0.3 is 0 Å². The van der Waals surface area contributed by atoms with Crippen LogP contribution >= 0.6 is 0 Å². The molecule has 0 atom stereocenters. The summed E-state index contributed by atoms with van der Waals surface area (Å²) >= 11 is 0.